The fraction of sp³-hybridized carbons (Fsp3) is 0.417. The molecule has 2 atom stereocenters. The van der Waals surface area contributed by atoms with E-state index < -0.39 is 52.5 Å². The van der Waals surface area contributed by atoms with Crippen molar-refractivity contribution in [2.75, 3.05) is 6.54 Å². The third-order valence-electron chi connectivity index (χ3n) is 3.01. The summed E-state index contributed by atoms with van der Waals surface area (Å²) < 4.78 is 66.0. The average molecular weight is 297 g/mol. The van der Waals surface area contributed by atoms with Gasteiger partial charge in [0, 0.05) is 12.1 Å². The number of nitrogens with two attached hydrogens (primary N) is 1. The van der Waals surface area contributed by atoms with Gasteiger partial charge in [0.2, 0.25) is 5.82 Å². The Hall–Kier alpha value is -1.70. The summed E-state index contributed by atoms with van der Waals surface area (Å²) in [6.45, 7) is 0.860. The minimum atomic E-state index is -2.25. The minimum absolute atomic E-state index is 0.310. The van der Waals surface area contributed by atoms with Gasteiger partial charge in [0.25, 0.3) is 0 Å². The van der Waals surface area contributed by atoms with Crippen LogP contribution >= 0.6 is 0 Å². The van der Waals surface area contributed by atoms with Crippen molar-refractivity contribution in [3.63, 3.8) is 0 Å². The number of carbonyl (C=O) groups is 1. The van der Waals surface area contributed by atoms with Gasteiger partial charge < -0.3 is 10.8 Å². The van der Waals surface area contributed by atoms with Crippen molar-refractivity contribution in [3.8, 4) is 0 Å². The van der Waals surface area contributed by atoms with E-state index in [1.807, 2.05) is 0 Å². The zero-order valence-electron chi connectivity index (χ0n) is 10.4. The molecule has 0 saturated carbocycles. The molecule has 0 aliphatic rings. The maximum absolute atomic E-state index is 13.5. The smallest absolute Gasteiger partial charge is 0.307 e. The van der Waals surface area contributed by atoms with E-state index >= 15 is 0 Å². The Labute approximate surface area is 111 Å². The van der Waals surface area contributed by atoms with Crippen LogP contribution in [-0.2, 0) is 4.79 Å². The van der Waals surface area contributed by atoms with Gasteiger partial charge in [-0.2, -0.15) is 0 Å². The van der Waals surface area contributed by atoms with Crippen molar-refractivity contribution >= 4 is 5.97 Å². The molecule has 0 heterocycles. The van der Waals surface area contributed by atoms with Crippen molar-refractivity contribution in [2.45, 2.75) is 19.3 Å². The molecule has 3 N–H and O–H groups in total. The van der Waals surface area contributed by atoms with E-state index in [2.05, 4.69) is 0 Å². The lowest BCUT2D eigenvalue weighted by Crippen LogP contribution is -2.25. The van der Waals surface area contributed by atoms with Crippen molar-refractivity contribution < 1.29 is 31.9 Å². The topological polar surface area (TPSA) is 63.3 Å². The molecule has 8 heteroatoms. The van der Waals surface area contributed by atoms with Crippen LogP contribution in [0, 0.1) is 35.0 Å². The highest BCUT2D eigenvalue weighted by atomic mass is 19.2. The fourth-order valence-electron chi connectivity index (χ4n) is 1.90. The first-order valence-corrected chi connectivity index (χ1v) is 5.66. The lowest BCUT2D eigenvalue weighted by Gasteiger charge is -2.18. The van der Waals surface area contributed by atoms with Gasteiger partial charge in [-0.1, -0.05) is 6.92 Å². The molecule has 0 aliphatic carbocycles. The van der Waals surface area contributed by atoms with Gasteiger partial charge in [-0.05, 0) is 12.3 Å². The summed E-state index contributed by atoms with van der Waals surface area (Å²) in [6.07, 6.45) is -0.343. The van der Waals surface area contributed by atoms with Gasteiger partial charge in [0.05, 0.1) is 5.92 Å². The van der Waals surface area contributed by atoms with Crippen molar-refractivity contribution in [1.82, 2.24) is 0 Å². The lowest BCUT2D eigenvalue weighted by atomic mass is 9.89. The third-order valence-corrected chi connectivity index (χ3v) is 3.01. The quantitative estimate of drug-likeness (QED) is 0.499. The van der Waals surface area contributed by atoms with Gasteiger partial charge in [-0.15, -0.1) is 0 Å². The largest absolute Gasteiger partial charge is 0.481 e. The Morgan fingerprint density at radius 2 is 1.45 bits per heavy atom. The number of benzene rings is 1. The second-order valence-electron chi connectivity index (χ2n) is 4.39. The molecule has 1 aromatic rings. The number of hydrogen-bond donors (Lipinski definition) is 2. The maximum atomic E-state index is 13.5. The van der Waals surface area contributed by atoms with Gasteiger partial charge in [0.15, 0.2) is 23.3 Å². The Morgan fingerprint density at radius 1 is 1.05 bits per heavy atom. The summed E-state index contributed by atoms with van der Waals surface area (Å²) in [6, 6.07) is 0. The highest BCUT2D eigenvalue weighted by molar-refractivity contribution is 5.70. The minimum Gasteiger partial charge on any atom is -0.481 e. The van der Waals surface area contributed by atoms with E-state index in [1.165, 1.54) is 6.92 Å². The average Bonchev–Trinajstić information content (AvgIpc) is 2.40. The molecular formula is C12H12F5NO2. The molecule has 0 radical (unpaired) electrons. The monoisotopic (exact) mass is 297 g/mol. The number of hydrogen-bond acceptors (Lipinski definition) is 2. The van der Waals surface area contributed by atoms with Crippen LogP contribution in [0.4, 0.5) is 22.0 Å². The summed E-state index contributed by atoms with van der Waals surface area (Å²) in [5.74, 6) is -13.9. The zero-order chi connectivity index (χ0) is 15.6. The van der Waals surface area contributed by atoms with E-state index in [0.717, 1.165) is 0 Å². The van der Waals surface area contributed by atoms with Crippen molar-refractivity contribution in [2.24, 2.45) is 11.7 Å². The zero-order valence-corrected chi connectivity index (χ0v) is 10.4. The molecule has 0 bridgehead atoms. The molecule has 0 aliphatic heterocycles. The van der Waals surface area contributed by atoms with Crippen LogP contribution < -0.4 is 5.73 Å². The molecule has 20 heavy (non-hydrogen) atoms. The second kappa shape index (κ2) is 6.17. The van der Waals surface area contributed by atoms with Crippen LogP contribution in [0.3, 0.4) is 0 Å². The Morgan fingerprint density at radius 3 is 1.80 bits per heavy atom. The third kappa shape index (κ3) is 2.90. The Kier molecular flexibility index (Phi) is 5.04. The predicted molar refractivity (Wildman–Crippen MR) is 59.4 cm³/mol. The molecule has 0 saturated heterocycles. The lowest BCUT2D eigenvalue weighted by molar-refractivity contribution is -0.141. The van der Waals surface area contributed by atoms with E-state index in [9.17, 15) is 26.7 Å². The summed E-state index contributed by atoms with van der Waals surface area (Å²) in [5, 5.41) is 8.79. The van der Waals surface area contributed by atoms with E-state index in [-0.39, 0.29) is 13.0 Å². The summed E-state index contributed by atoms with van der Waals surface area (Å²) in [5.41, 5.74) is 4.16. The number of carboxylic acids is 1. The van der Waals surface area contributed by atoms with Gasteiger partial charge in [-0.3, -0.25) is 4.79 Å². The van der Waals surface area contributed by atoms with E-state index in [4.69, 9.17) is 10.8 Å². The van der Waals surface area contributed by atoms with Gasteiger partial charge in [-0.25, -0.2) is 22.0 Å². The van der Waals surface area contributed by atoms with Crippen LogP contribution in [-0.4, -0.2) is 17.6 Å². The summed E-state index contributed by atoms with van der Waals surface area (Å²) in [7, 11) is 0. The van der Waals surface area contributed by atoms with Gasteiger partial charge in [0.1, 0.15) is 0 Å². The van der Waals surface area contributed by atoms with Crippen LogP contribution in [0.2, 0.25) is 0 Å². The van der Waals surface area contributed by atoms with Crippen LogP contribution in [0.15, 0.2) is 0 Å². The summed E-state index contributed by atoms with van der Waals surface area (Å²) in [4.78, 5) is 10.8. The Balaban J connectivity index is 3.23. The molecule has 3 nitrogen and oxygen atoms in total. The van der Waals surface area contributed by atoms with E-state index in [1.54, 1.807) is 0 Å². The van der Waals surface area contributed by atoms with E-state index in [0.29, 0.717) is 0 Å². The first kappa shape index (κ1) is 16.4. The van der Waals surface area contributed by atoms with Crippen LogP contribution in [0.25, 0.3) is 0 Å². The highest BCUT2D eigenvalue weighted by Gasteiger charge is 2.30. The first-order valence-electron chi connectivity index (χ1n) is 5.66. The molecule has 0 aromatic heterocycles. The molecular weight excluding hydrogens is 285 g/mol. The maximum Gasteiger partial charge on any atom is 0.307 e. The molecule has 0 amide bonds. The predicted octanol–water partition coefficient (Wildman–Crippen LogP) is 2.54. The highest BCUT2D eigenvalue weighted by Crippen LogP contribution is 2.32. The standard InChI is InChI=1S/C12H12F5NO2/c1-4(2-5(3-18)12(19)20)6-7(13)9(15)11(17)10(16)8(6)14/h4-5H,2-3,18H2,1H3,(H,19,20). The molecule has 112 valence electrons. The van der Waals surface area contributed by atoms with Crippen molar-refractivity contribution in [1.29, 1.82) is 0 Å². The fourth-order valence-corrected chi connectivity index (χ4v) is 1.90. The number of aliphatic carboxylic acids is 1. The molecule has 1 rings (SSSR count). The van der Waals surface area contributed by atoms with Crippen molar-refractivity contribution in [3.05, 3.63) is 34.6 Å². The second-order valence-corrected chi connectivity index (χ2v) is 4.39. The summed E-state index contributed by atoms with van der Waals surface area (Å²) >= 11 is 0. The molecule has 1 aromatic carbocycles. The SMILES string of the molecule is CC(CC(CN)C(=O)O)c1c(F)c(F)c(F)c(F)c1F. The normalized spacial score (nSPS) is 14.2. The number of halogens is 5. The van der Waals surface area contributed by atoms with Crippen LogP contribution in [0.5, 0.6) is 0 Å². The molecule has 0 fully saturated rings. The Bertz CT molecular complexity index is 506. The van der Waals surface area contributed by atoms with Crippen LogP contribution in [0.1, 0.15) is 24.8 Å². The number of rotatable bonds is 5. The number of carboxylic acid groups (broad SMARTS) is 1. The molecule has 0 spiro atoms. The molecule has 2 unspecified atom stereocenters. The first-order chi connectivity index (χ1) is 9.22. The van der Waals surface area contributed by atoms with Gasteiger partial charge >= 0.3 is 5.97 Å².